The second kappa shape index (κ2) is 6.84. The smallest absolute Gasteiger partial charge is 0.222 e. The zero-order valence-electron chi connectivity index (χ0n) is 13.7. The average molecular weight is 355 g/mol. The highest BCUT2D eigenvalue weighted by Crippen LogP contribution is 2.31. The minimum atomic E-state index is -1.35. The maximum Gasteiger partial charge on any atom is 0.222 e. The summed E-state index contributed by atoms with van der Waals surface area (Å²) in [5.74, 6) is 0.945. The molecule has 2 aromatic rings. The third-order valence-electron chi connectivity index (χ3n) is 3.09. The van der Waals surface area contributed by atoms with Crippen LogP contribution in [0.2, 0.25) is 5.02 Å². The van der Waals surface area contributed by atoms with Crippen molar-refractivity contribution in [2.45, 2.75) is 25.5 Å². The van der Waals surface area contributed by atoms with Crippen molar-refractivity contribution in [2.75, 3.05) is 14.2 Å². The van der Waals surface area contributed by atoms with E-state index in [-0.39, 0.29) is 0 Å². The van der Waals surface area contributed by atoms with Crippen molar-refractivity contribution in [2.24, 2.45) is 4.40 Å². The molecule has 0 spiro atoms. The van der Waals surface area contributed by atoms with Gasteiger partial charge >= 0.3 is 0 Å². The lowest BCUT2D eigenvalue weighted by molar-refractivity contribution is 0.398. The van der Waals surface area contributed by atoms with Crippen molar-refractivity contribution in [1.82, 2.24) is 4.98 Å². The van der Waals surface area contributed by atoms with Gasteiger partial charge in [-0.2, -0.15) is 4.40 Å². The molecule has 23 heavy (non-hydrogen) atoms. The maximum absolute atomic E-state index is 12.1. The van der Waals surface area contributed by atoms with Crippen LogP contribution >= 0.6 is 11.6 Å². The fraction of sp³-hybridized carbons (Fsp3) is 0.375. The van der Waals surface area contributed by atoms with Gasteiger partial charge in [-0.05, 0) is 32.9 Å². The van der Waals surface area contributed by atoms with Gasteiger partial charge in [0.25, 0.3) is 0 Å². The van der Waals surface area contributed by atoms with Crippen LogP contribution in [0.25, 0.3) is 10.9 Å². The molecule has 7 heteroatoms. The minimum Gasteiger partial charge on any atom is -0.495 e. The number of halogens is 1. The number of benzene rings is 1. The number of ether oxygens (including phenoxy) is 2. The van der Waals surface area contributed by atoms with E-state index in [0.717, 1.165) is 5.39 Å². The van der Waals surface area contributed by atoms with Crippen LogP contribution in [0.1, 0.15) is 26.3 Å². The Bertz CT molecular complexity index is 785. The molecular weight excluding hydrogens is 336 g/mol. The van der Waals surface area contributed by atoms with E-state index < -0.39 is 15.7 Å². The fourth-order valence-electron chi connectivity index (χ4n) is 1.85. The number of pyridine rings is 1. The first-order valence-electron chi connectivity index (χ1n) is 6.94. The van der Waals surface area contributed by atoms with Crippen LogP contribution in [0.3, 0.4) is 0 Å². The summed E-state index contributed by atoms with van der Waals surface area (Å²) in [4.78, 5) is 4.43. The number of fused-ring (bicyclic) bond motifs is 1. The molecule has 2 rings (SSSR count). The van der Waals surface area contributed by atoms with Crippen molar-refractivity contribution in [3.05, 3.63) is 28.8 Å². The van der Waals surface area contributed by atoms with Gasteiger partial charge in [0.2, 0.25) is 5.88 Å². The summed E-state index contributed by atoms with van der Waals surface area (Å²) < 4.78 is 26.2. The molecule has 1 aromatic heterocycles. The molecule has 5 nitrogen and oxygen atoms in total. The Kier molecular flexibility index (Phi) is 5.26. The molecular formula is C16H19ClN2O3S. The number of hydrogen-bond donors (Lipinski definition) is 0. The predicted molar refractivity (Wildman–Crippen MR) is 95.3 cm³/mol. The topological polar surface area (TPSA) is 60.8 Å². The molecule has 0 saturated heterocycles. The minimum absolute atomic E-state index is 0.400. The molecule has 1 heterocycles. The van der Waals surface area contributed by atoms with Gasteiger partial charge in [-0.3, -0.25) is 0 Å². The number of nitrogens with zero attached hydrogens (tertiary/aromatic N) is 2. The van der Waals surface area contributed by atoms with Crippen LogP contribution in [0, 0.1) is 0 Å². The lowest BCUT2D eigenvalue weighted by Crippen LogP contribution is -2.19. The van der Waals surface area contributed by atoms with Crippen LogP contribution in [-0.4, -0.2) is 34.4 Å². The molecule has 0 aliphatic heterocycles. The summed E-state index contributed by atoms with van der Waals surface area (Å²) in [5, 5.41) is 1.31. The second-order valence-electron chi connectivity index (χ2n) is 5.86. The van der Waals surface area contributed by atoms with E-state index in [1.807, 2.05) is 26.8 Å². The SMILES string of the molecule is COc1cc2nc(OC)c(/C=N/S(=O)C(C)(C)C)cc2cc1Cl. The molecule has 124 valence electrons. The van der Waals surface area contributed by atoms with Crippen LogP contribution < -0.4 is 9.47 Å². The number of methoxy groups -OCH3 is 2. The van der Waals surface area contributed by atoms with Crippen LogP contribution in [0.5, 0.6) is 11.6 Å². The van der Waals surface area contributed by atoms with Crippen LogP contribution in [0.15, 0.2) is 22.6 Å². The Labute approximate surface area is 143 Å². The normalized spacial score (nSPS) is 13.5. The molecule has 1 unspecified atom stereocenters. The standard InChI is InChI=1S/C16H19ClN2O3S/c1-16(2,3)23(20)18-9-11-6-10-7-12(17)14(21-4)8-13(10)19-15(11)22-5/h6-9H,1-5H3/b18-9+. The molecule has 1 atom stereocenters. The van der Waals surface area contributed by atoms with Crippen LogP contribution in [0.4, 0.5) is 0 Å². The zero-order chi connectivity index (χ0) is 17.2. The summed E-state index contributed by atoms with van der Waals surface area (Å²) >= 11 is 6.15. The van der Waals surface area contributed by atoms with Gasteiger partial charge in [-0.15, -0.1) is 0 Å². The molecule has 0 aliphatic rings. The van der Waals surface area contributed by atoms with E-state index in [1.165, 1.54) is 13.3 Å². The van der Waals surface area contributed by atoms with Gasteiger partial charge in [-0.1, -0.05) is 11.6 Å². The molecule has 0 fully saturated rings. The highest BCUT2D eigenvalue weighted by Gasteiger charge is 2.18. The Morgan fingerprint density at radius 3 is 2.48 bits per heavy atom. The monoisotopic (exact) mass is 354 g/mol. The fourth-order valence-corrected chi connectivity index (χ4v) is 2.62. The van der Waals surface area contributed by atoms with Crippen molar-refractivity contribution in [3.63, 3.8) is 0 Å². The van der Waals surface area contributed by atoms with Gasteiger partial charge < -0.3 is 9.47 Å². The van der Waals surface area contributed by atoms with Crippen molar-refractivity contribution in [1.29, 1.82) is 0 Å². The van der Waals surface area contributed by atoms with Crippen molar-refractivity contribution < 1.29 is 13.7 Å². The first-order chi connectivity index (χ1) is 10.8. The Morgan fingerprint density at radius 1 is 1.22 bits per heavy atom. The Morgan fingerprint density at radius 2 is 1.91 bits per heavy atom. The summed E-state index contributed by atoms with van der Waals surface area (Å²) in [6.07, 6.45) is 1.52. The van der Waals surface area contributed by atoms with E-state index in [1.54, 1.807) is 19.2 Å². The molecule has 0 aliphatic carbocycles. The summed E-state index contributed by atoms with van der Waals surface area (Å²) in [6.45, 7) is 5.59. The lowest BCUT2D eigenvalue weighted by atomic mass is 10.1. The van der Waals surface area contributed by atoms with Crippen LogP contribution in [-0.2, 0) is 11.0 Å². The molecule has 0 amide bonds. The highest BCUT2D eigenvalue weighted by atomic mass is 35.5. The quantitative estimate of drug-likeness (QED) is 0.784. The summed E-state index contributed by atoms with van der Waals surface area (Å²) in [6, 6.07) is 5.35. The van der Waals surface area contributed by atoms with Gasteiger partial charge in [0, 0.05) is 11.5 Å². The van der Waals surface area contributed by atoms with Crippen molar-refractivity contribution in [3.8, 4) is 11.6 Å². The largest absolute Gasteiger partial charge is 0.495 e. The molecule has 0 radical (unpaired) electrons. The average Bonchev–Trinajstić information content (AvgIpc) is 2.50. The molecule has 0 N–H and O–H groups in total. The summed E-state index contributed by atoms with van der Waals surface area (Å²) in [5.41, 5.74) is 1.33. The highest BCUT2D eigenvalue weighted by molar-refractivity contribution is 7.85. The van der Waals surface area contributed by atoms with E-state index in [9.17, 15) is 4.21 Å². The van der Waals surface area contributed by atoms with Crippen molar-refractivity contribution >= 4 is 39.7 Å². The van der Waals surface area contributed by atoms with E-state index in [4.69, 9.17) is 21.1 Å². The van der Waals surface area contributed by atoms with Gasteiger partial charge in [0.1, 0.15) is 16.7 Å². The Balaban J connectivity index is 2.51. The second-order valence-corrected chi connectivity index (χ2v) is 8.20. The predicted octanol–water partition coefficient (Wildman–Crippen LogP) is 3.79. The third-order valence-corrected chi connectivity index (χ3v) is 4.73. The van der Waals surface area contributed by atoms with Gasteiger partial charge in [0.15, 0.2) is 0 Å². The third kappa shape index (κ3) is 4.00. The zero-order valence-corrected chi connectivity index (χ0v) is 15.3. The van der Waals surface area contributed by atoms with Gasteiger partial charge in [-0.25, -0.2) is 9.19 Å². The molecule has 1 aromatic carbocycles. The van der Waals surface area contributed by atoms with E-state index >= 15 is 0 Å². The molecule has 0 saturated carbocycles. The van der Waals surface area contributed by atoms with Gasteiger partial charge in [0.05, 0.1) is 41.3 Å². The summed E-state index contributed by atoms with van der Waals surface area (Å²) in [7, 11) is 1.72. The first-order valence-corrected chi connectivity index (χ1v) is 8.43. The lowest BCUT2D eigenvalue weighted by Gasteiger charge is -2.13. The maximum atomic E-state index is 12.1. The first kappa shape index (κ1) is 17.7. The van der Waals surface area contributed by atoms with E-state index in [2.05, 4.69) is 9.38 Å². The number of hydrogen-bond acceptors (Lipinski definition) is 4. The molecule has 0 bridgehead atoms. The number of rotatable bonds is 4. The number of aromatic nitrogens is 1. The Hall–Kier alpha value is -1.66. The van der Waals surface area contributed by atoms with E-state index in [0.29, 0.717) is 27.7 Å².